The van der Waals surface area contributed by atoms with Crippen molar-refractivity contribution in [2.45, 2.75) is 6.61 Å². The summed E-state index contributed by atoms with van der Waals surface area (Å²) >= 11 is 5.92. The summed E-state index contributed by atoms with van der Waals surface area (Å²) in [4.78, 5) is 10.1. The second-order valence-corrected chi connectivity index (χ2v) is 4.19. The maximum atomic E-state index is 12.9. The van der Waals surface area contributed by atoms with Gasteiger partial charge in [0, 0.05) is 28.8 Å². The lowest BCUT2D eigenvalue weighted by Gasteiger charge is -2.07. The molecule has 19 heavy (non-hydrogen) atoms. The van der Waals surface area contributed by atoms with Crippen LogP contribution in [0, 0.1) is 15.9 Å². The predicted octanol–water partition coefficient (Wildman–Crippen LogP) is 3.97. The first-order valence-electron chi connectivity index (χ1n) is 5.37. The quantitative estimate of drug-likeness (QED) is 0.629. The van der Waals surface area contributed by atoms with Gasteiger partial charge in [-0.15, -0.1) is 0 Å². The number of nitro groups is 1. The molecular formula is C13H9ClFNO3. The van der Waals surface area contributed by atoms with Crippen LogP contribution >= 0.6 is 11.6 Å². The van der Waals surface area contributed by atoms with Crippen molar-refractivity contribution in [1.29, 1.82) is 0 Å². The van der Waals surface area contributed by atoms with Gasteiger partial charge in [-0.3, -0.25) is 10.1 Å². The number of non-ortho nitro benzene ring substituents is 1. The van der Waals surface area contributed by atoms with Crippen molar-refractivity contribution in [2.24, 2.45) is 0 Å². The van der Waals surface area contributed by atoms with Crippen LogP contribution in [-0.4, -0.2) is 4.92 Å². The normalized spacial score (nSPS) is 10.2. The summed E-state index contributed by atoms with van der Waals surface area (Å²) in [5.41, 5.74) is 0.405. The Labute approximate surface area is 113 Å². The standard InChI is InChI=1S/C13H9ClFNO3/c14-13-5-4-11(16(17)18)6-9(13)8-19-12-3-1-2-10(15)7-12/h1-7H,8H2. The number of hydrogen-bond donors (Lipinski definition) is 0. The molecule has 0 amide bonds. The first-order valence-corrected chi connectivity index (χ1v) is 5.75. The number of halogens is 2. The van der Waals surface area contributed by atoms with Crippen LogP contribution < -0.4 is 4.74 Å². The summed E-state index contributed by atoms with van der Waals surface area (Å²) in [6, 6.07) is 9.71. The minimum absolute atomic E-state index is 0.0317. The number of benzene rings is 2. The fourth-order valence-electron chi connectivity index (χ4n) is 1.50. The van der Waals surface area contributed by atoms with Gasteiger partial charge in [-0.1, -0.05) is 17.7 Å². The number of hydrogen-bond acceptors (Lipinski definition) is 3. The zero-order valence-electron chi connectivity index (χ0n) is 9.68. The molecule has 0 saturated carbocycles. The van der Waals surface area contributed by atoms with Gasteiger partial charge in [0.25, 0.3) is 5.69 Å². The lowest BCUT2D eigenvalue weighted by molar-refractivity contribution is -0.384. The van der Waals surface area contributed by atoms with Crippen LogP contribution in [0.2, 0.25) is 5.02 Å². The third-order valence-electron chi connectivity index (χ3n) is 2.43. The van der Waals surface area contributed by atoms with Gasteiger partial charge in [0.1, 0.15) is 18.2 Å². The molecule has 0 aliphatic rings. The van der Waals surface area contributed by atoms with Gasteiger partial charge in [-0.25, -0.2) is 4.39 Å². The highest BCUT2D eigenvalue weighted by molar-refractivity contribution is 6.31. The van der Waals surface area contributed by atoms with Crippen molar-refractivity contribution in [2.75, 3.05) is 0 Å². The average molecular weight is 282 g/mol. The lowest BCUT2D eigenvalue weighted by atomic mass is 10.2. The van der Waals surface area contributed by atoms with Gasteiger partial charge in [-0.2, -0.15) is 0 Å². The highest BCUT2D eigenvalue weighted by atomic mass is 35.5. The van der Waals surface area contributed by atoms with E-state index < -0.39 is 10.7 Å². The Kier molecular flexibility index (Phi) is 3.97. The Morgan fingerprint density at radius 2 is 2.05 bits per heavy atom. The maximum Gasteiger partial charge on any atom is 0.269 e. The van der Waals surface area contributed by atoms with Crippen LogP contribution in [0.4, 0.5) is 10.1 Å². The molecule has 0 atom stereocenters. The van der Waals surface area contributed by atoms with E-state index in [1.807, 2.05) is 0 Å². The molecule has 98 valence electrons. The van der Waals surface area contributed by atoms with Crippen LogP contribution in [0.5, 0.6) is 5.75 Å². The minimum Gasteiger partial charge on any atom is -0.489 e. The van der Waals surface area contributed by atoms with Crippen molar-refractivity contribution in [3.05, 3.63) is 69.0 Å². The first-order chi connectivity index (χ1) is 9.06. The summed E-state index contributed by atoms with van der Waals surface area (Å²) in [5, 5.41) is 11.0. The van der Waals surface area contributed by atoms with Crippen molar-refractivity contribution in [3.63, 3.8) is 0 Å². The molecule has 0 fully saturated rings. The minimum atomic E-state index is -0.512. The molecule has 0 unspecified atom stereocenters. The smallest absolute Gasteiger partial charge is 0.269 e. The summed E-state index contributed by atoms with van der Waals surface area (Å²) in [5.74, 6) is -0.0785. The zero-order chi connectivity index (χ0) is 13.8. The van der Waals surface area contributed by atoms with Gasteiger partial charge in [0.2, 0.25) is 0 Å². The van der Waals surface area contributed by atoms with Crippen molar-refractivity contribution in [3.8, 4) is 5.75 Å². The molecule has 0 aliphatic carbocycles. The van der Waals surface area contributed by atoms with Gasteiger partial charge in [0.15, 0.2) is 0 Å². The number of rotatable bonds is 4. The Bertz CT molecular complexity index is 619. The molecule has 0 N–H and O–H groups in total. The zero-order valence-corrected chi connectivity index (χ0v) is 10.4. The molecule has 2 rings (SSSR count). The van der Waals surface area contributed by atoms with Crippen molar-refractivity contribution < 1.29 is 14.1 Å². The van der Waals surface area contributed by atoms with E-state index in [0.717, 1.165) is 0 Å². The second-order valence-electron chi connectivity index (χ2n) is 3.78. The predicted molar refractivity (Wildman–Crippen MR) is 68.8 cm³/mol. The molecule has 2 aromatic carbocycles. The van der Waals surface area contributed by atoms with E-state index in [4.69, 9.17) is 16.3 Å². The summed E-state index contributed by atoms with van der Waals surface area (Å²) < 4.78 is 18.3. The van der Waals surface area contributed by atoms with Gasteiger partial charge in [0.05, 0.1) is 4.92 Å². The molecule has 2 aromatic rings. The fourth-order valence-corrected chi connectivity index (χ4v) is 1.68. The van der Waals surface area contributed by atoms with Crippen LogP contribution in [0.25, 0.3) is 0 Å². The fraction of sp³-hybridized carbons (Fsp3) is 0.0769. The second kappa shape index (κ2) is 5.67. The summed E-state index contributed by atoms with van der Waals surface area (Å²) in [7, 11) is 0. The molecule has 6 heteroatoms. The highest BCUT2D eigenvalue weighted by Crippen LogP contribution is 2.23. The van der Waals surface area contributed by atoms with E-state index in [1.165, 1.54) is 36.4 Å². The van der Waals surface area contributed by atoms with E-state index in [2.05, 4.69) is 0 Å². The van der Waals surface area contributed by atoms with Crippen LogP contribution in [0.1, 0.15) is 5.56 Å². The molecule has 0 saturated heterocycles. The average Bonchev–Trinajstić information content (AvgIpc) is 2.37. The van der Waals surface area contributed by atoms with Crippen molar-refractivity contribution >= 4 is 17.3 Å². The molecule has 0 spiro atoms. The SMILES string of the molecule is O=[N+]([O-])c1ccc(Cl)c(COc2cccc(F)c2)c1. The summed E-state index contributed by atoms with van der Waals surface area (Å²) in [6.07, 6.45) is 0. The van der Waals surface area contributed by atoms with E-state index in [1.54, 1.807) is 6.07 Å². The van der Waals surface area contributed by atoms with E-state index in [9.17, 15) is 14.5 Å². The van der Waals surface area contributed by atoms with Crippen LogP contribution in [0.3, 0.4) is 0 Å². The van der Waals surface area contributed by atoms with Gasteiger partial charge < -0.3 is 4.74 Å². The Morgan fingerprint density at radius 3 is 2.74 bits per heavy atom. The van der Waals surface area contributed by atoms with E-state index >= 15 is 0 Å². The van der Waals surface area contributed by atoms with Crippen molar-refractivity contribution in [1.82, 2.24) is 0 Å². The Morgan fingerprint density at radius 1 is 1.26 bits per heavy atom. The number of ether oxygens (including phenoxy) is 1. The van der Waals surface area contributed by atoms with Gasteiger partial charge >= 0.3 is 0 Å². The molecule has 0 bridgehead atoms. The Hall–Kier alpha value is -2.14. The molecule has 0 heterocycles. The number of nitro benzene ring substituents is 1. The van der Waals surface area contributed by atoms with Crippen LogP contribution in [-0.2, 0) is 6.61 Å². The first kappa shape index (κ1) is 13.3. The largest absolute Gasteiger partial charge is 0.489 e. The molecule has 4 nitrogen and oxygen atoms in total. The third kappa shape index (κ3) is 3.42. The third-order valence-corrected chi connectivity index (χ3v) is 2.80. The Balaban J connectivity index is 2.15. The van der Waals surface area contributed by atoms with Crippen LogP contribution in [0.15, 0.2) is 42.5 Å². The van der Waals surface area contributed by atoms with Gasteiger partial charge in [-0.05, 0) is 18.2 Å². The topological polar surface area (TPSA) is 52.4 Å². The highest BCUT2D eigenvalue weighted by Gasteiger charge is 2.10. The maximum absolute atomic E-state index is 12.9. The van der Waals surface area contributed by atoms with E-state index in [-0.39, 0.29) is 12.3 Å². The monoisotopic (exact) mass is 281 g/mol. The number of nitrogens with zero attached hydrogens (tertiary/aromatic N) is 1. The summed E-state index contributed by atoms with van der Waals surface area (Å²) in [6.45, 7) is 0.0317. The molecule has 0 radical (unpaired) electrons. The van der Waals surface area contributed by atoms with E-state index in [0.29, 0.717) is 16.3 Å². The molecule has 0 aliphatic heterocycles. The molecule has 0 aromatic heterocycles. The molecular weight excluding hydrogens is 273 g/mol. The lowest BCUT2D eigenvalue weighted by Crippen LogP contribution is -1.98.